The maximum atomic E-state index is 13.5. The van der Waals surface area contributed by atoms with Crippen molar-refractivity contribution in [1.29, 1.82) is 0 Å². The molecule has 0 bridgehead atoms. The van der Waals surface area contributed by atoms with Crippen LogP contribution >= 0.6 is 0 Å². The topological polar surface area (TPSA) is 89.4 Å². The molecule has 0 fully saturated rings. The van der Waals surface area contributed by atoms with Crippen LogP contribution in [0.25, 0.3) is 11.3 Å². The fraction of sp³-hybridized carbons (Fsp3) is 0.294. The Bertz CT molecular complexity index is 1070. The predicted molar refractivity (Wildman–Crippen MR) is 89.2 cm³/mol. The van der Waals surface area contributed by atoms with E-state index >= 15 is 0 Å². The van der Waals surface area contributed by atoms with Gasteiger partial charge in [0.05, 0.1) is 0 Å². The van der Waals surface area contributed by atoms with Gasteiger partial charge in [-0.2, -0.15) is 4.31 Å². The number of rotatable bonds is 3. The van der Waals surface area contributed by atoms with Crippen molar-refractivity contribution in [3.8, 4) is 11.3 Å². The number of benzene rings is 1. The van der Waals surface area contributed by atoms with E-state index in [9.17, 15) is 12.8 Å². The Balaban J connectivity index is 1.73. The zero-order valence-electron chi connectivity index (χ0n) is 14.2. The third-order valence-electron chi connectivity index (χ3n) is 4.46. The SMILES string of the molecule is Cc1noc(C)c1S(=O)(=O)N1CCc2onc(-c3cccc(F)c3)c2C1. The summed E-state index contributed by atoms with van der Waals surface area (Å²) < 4.78 is 51.3. The minimum Gasteiger partial charge on any atom is -0.360 e. The van der Waals surface area contributed by atoms with Gasteiger partial charge in [-0.1, -0.05) is 22.4 Å². The Labute approximate surface area is 149 Å². The number of fused-ring (bicyclic) bond motifs is 1. The third kappa shape index (κ3) is 2.63. The van der Waals surface area contributed by atoms with Crippen molar-refractivity contribution in [2.45, 2.75) is 31.7 Å². The van der Waals surface area contributed by atoms with E-state index in [1.54, 1.807) is 26.0 Å². The average Bonchev–Trinajstić information content (AvgIpc) is 3.17. The van der Waals surface area contributed by atoms with Gasteiger partial charge in [0.15, 0.2) is 5.76 Å². The highest BCUT2D eigenvalue weighted by Gasteiger charge is 2.35. The van der Waals surface area contributed by atoms with Crippen LogP contribution in [0.3, 0.4) is 0 Å². The highest BCUT2D eigenvalue weighted by atomic mass is 32.2. The minimum absolute atomic E-state index is 0.0877. The molecule has 0 amide bonds. The van der Waals surface area contributed by atoms with Gasteiger partial charge in [-0.15, -0.1) is 0 Å². The Morgan fingerprint density at radius 2 is 2.00 bits per heavy atom. The second-order valence-corrected chi connectivity index (χ2v) is 8.06. The molecule has 1 aliphatic rings. The van der Waals surface area contributed by atoms with Crippen LogP contribution in [0, 0.1) is 19.7 Å². The Kier molecular flexibility index (Phi) is 3.92. The molecule has 7 nitrogen and oxygen atoms in total. The molecule has 3 heterocycles. The summed E-state index contributed by atoms with van der Waals surface area (Å²) >= 11 is 0. The lowest BCUT2D eigenvalue weighted by Crippen LogP contribution is -2.36. The van der Waals surface area contributed by atoms with Gasteiger partial charge in [0.1, 0.15) is 27.9 Å². The third-order valence-corrected chi connectivity index (χ3v) is 6.55. The van der Waals surface area contributed by atoms with E-state index in [0.29, 0.717) is 34.7 Å². The molecule has 0 aliphatic carbocycles. The van der Waals surface area contributed by atoms with E-state index in [1.165, 1.54) is 16.4 Å². The Morgan fingerprint density at radius 1 is 1.19 bits per heavy atom. The largest absolute Gasteiger partial charge is 0.360 e. The first-order chi connectivity index (χ1) is 12.4. The molecule has 9 heteroatoms. The molecule has 0 saturated heterocycles. The molecule has 136 valence electrons. The highest BCUT2D eigenvalue weighted by Crippen LogP contribution is 2.33. The molecule has 26 heavy (non-hydrogen) atoms. The van der Waals surface area contributed by atoms with Crippen molar-refractivity contribution in [1.82, 2.24) is 14.6 Å². The first kappa shape index (κ1) is 16.9. The van der Waals surface area contributed by atoms with Crippen molar-refractivity contribution < 1.29 is 21.9 Å². The lowest BCUT2D eigenvalue weighted by Gasteiger charge is -2.25. The predicted octanol–water partition coefficient (Wildman–Crippen LogP) is 2.83. The minimum atomic E-state index is -3.77. The summed E-state index contributed by atoms with van der Waals surface area (Å²) in [4.78, 5) is 0.0877. The van der Waals surface area contributed by atoms with Crippen LogP contribution in [-0.4, -0.2) is 29.6 Å². The zero-order valence-corrected chi connectivity index (χ0v) is 15.0. The number of sulfonamides is 1. The van der Waals surface area contributed by atoms with Crippen molar-refractivity contribution in [2.75, 3.05) is 6.54 Å². The van der Waals surface area contributed by atoms with E-state index in [1.807, 2.05) is 0 Å². The molecular weight excluding hydrogens is 361 g/mol. The fourth-order valence-corrected chi connectivity index (χ4v) is 4.92. The lowest BCUT2D eigenvalue weighted by atomic mass is 10.0. The smallest absolute Gasteiger partial charge is 0.248 e. The fourth-order valence-electron chi connectivity index (χ4n) is 3.22. The summed E-state index contributed by atoms with van der Waals surface area (Å²) in [5.74, 6) is 0.480. The summed E-state index contributed by atoms with van der Waals surface area (Å²) in [6.07, 6.45) is 0.389. The van der Waals surface area contributed by atoms with E-state index in [2.05, 4.69) is 10.3 Å². The van der Waals surface area contributed by atoms with Crippen LogP contribution in [-0.2, 0) is 23.0 Å². The maximum absolute atomic E-state index is 13.5. The first-order valence-corrected chi connectivity index (χ1v) is 9.48. The van der Waals surface area contributed by atoms with Gasteiger partial charge in [-0.05, 0) is 26.0 Å². The second kappa shape index (κ2) is 6.03. The molecule has 0 N–H and O–H groups in total. The molecule has 4 rings (SSSR count). The molecule has 0 saturated carbocycles. The zero-order chi connectivity index (χ0) is 18.5. The van der Waals surface area contributed by atoms with Crippen LogP contribution in [0.15, 0.2) is 38.2 Å². The van der Waals surface area contributed by atoms with Crippen LogP contribution in [0.5, 0.6) is 0 Å². The number of hydrogen-bond acceptors (Lipinski definition) is 6. The van der Waals surface area contributed by atoms with Gasteiger partial charge in [-0.25, -0.2) is 12.8 Å². The monoisotopic (exact) mass is 377 g/mol. The van der Waals surface area contributed by atoms with Crippen LogP contribution in [0.4, 0.5) is 4.39 Å². The summed E-state index contributed by atoms with van der Waals surface area (Å²) in [5.41, 5.74) is 1.98. The van der Waals surface area contributed by atoms with Crippen molar-refractivity contribution in [2.24, 2.45) is 0 Å². The van der Waals surface area contributed by atoms with Crippen LogP contribution in [0.1, 0.15) is 22.8 Å². The van der Waals surface area contributed by atoms with Crippen molar-refractivity contribution in [3.63, 3.8) is 0 Å². The van der Waals surface area contributed by atoms with E-state index in [-0.39, 0.29) is 23.7 Å². The first-order valence-electron chi connectivity index (χ1n) is 8.04. The molecule has 2 aromatic heterocycles. The normalized spacial score (nSPS) is 15.2. The molecule has 0 unspecified atom stereocenters. The van der Waals surface area contributed by atoms with Gasteiger partial charge in [0, 0.05) is 30.6 Å². The highest BCUT2D eigenvalue weighted by molar-refractivity contribution is 7.89. The van der Waals surface area contributed by atoms with Crippen molar-refractivity contribution in [3.05, 3.63) is 52.9 Å². The average molecular weight is 377 g/mol. The molecule has 1 aromatic carbocycles. The number of nitrogens with zero attached hydrogens (tertiary/aromatic N) is 3. The number of aryl methyl sites for hydroxylation is 2. The lowest BCUT2D eigenvalue weighted by molar-refractivity contribution is 0.331. The maximum Gasteiger partial charge on any atom is 0.248 e. The molecule has 0 atom stereocenters. The summed E-state index contributed by atoms with van der Waals surface area (Å²) in [5, 5.41) is 7.76. The molecule has 0 radical (unpaired) electrons. The molecule has 0 spiro atoms. The van der Waals surface area contributed by atoms with E-state index in [0.717, 1.165) is 0 Å². The van der Waals surface area contributed by atoms with Crippen molar-refractivity contribution >= 4 is 10.0 Å². The van der Waals surface area contributed by atoms with Gasteiger partial charge >= 0.3 is 0 Å². The number of hydrogen-bond donors (Lipinski definition) is 0. The van der Waals surface area contributed by atoms with E-state index < -0.39 is 15.8 Å². The molecule has 3 aromatic rings. The standard InChI is InChI=1S/C17H16FN3O4S/c1-10-17(11(2)24-19-10)26(22,23)21-7-6-15-14(9-21)16(20-25-15)12-4-3-5-13(18)8-12/h3-5,8H,6-7,9H2,1-2H3. The summed E-state index contributed by atoms with van der Waals surface area (Å²) in [7, 11) is -3.77. The quantitative estimate of drug-likeness (QED) is 0.697. The Hall–Kier alpha value is -2.52. The van der Waals surface area contributed by atoms with Gasteiger partial charge in [-0.3, -0.25) is 0 Å². The number of halogens is 1. The summed E-state index contributed by atoms with van der Waals surface area (Å²) in [6.45, 7) is 3.52. The molecular formula is C17H16FN3O4S. The molecule has 1 aliphatic heterocycles. The Morgan fingerprint density at radius 3 is 2.69 bits per heavy atom. The van der Waals surface area contributed by atoms with Gasteiger partial charge in [0.25, 0.3) is 0 Å². The number of aromatic nitrogens is 2. The second-order valence-electron chi connectivity index (χ2n) is 6.19. The summed E-state index contributed by atoms with van der Waals surface area (Å²) in [6, 6.07) is 5.97. The van der Waals surface area contributed by atoms with Gasteiger partial charge < -0.3 is 9.05 Å². The van der Waals surface area contributed by atoms with Crippen LogP contribution in [0.2, 0.25) is 0 Å². The van der Waals surface area contributed by atoms with Gasteiger partial charge in [0.2, 0.25) is 10.0 Å². The van der Waals surface area contributed by atoms with E-state index in [4.69, 9.17) is 9.05 Å². The van der Waals surface area contributed by atoms with Crippen LogP contribution < -0.4 is 0 Å².